The highest BCUT2D eigenvalue weighted by atomic mass is 16.2. The highest BCUT2D eigenvalue weighted by Gasteiger charge is 2.35. The number of carbonyl (C=O) groups excluding carboxylic acids is 2. The molecule has 1 aromatic heterocycles. The molecule has 2 N–H and O–H groups in total. The number of benzene rings is 1. The van der Waals surface area contributed by atoms with Crippen molar-refractivity contribution in [1.82, 2.24) is 14.8 Å². The van der Waals surface area contributed by atoms with E-state index in [4.69, 9.17) is 0 Å². The molecule has 1 aromatic carbocycles. The predicted molar refractivity (Wildman–Crippen MR) is 95.0 cm³/mol. The third-order valence-electron chi connectivity index (χ3n) is 4.61. The van der Waals surface area contributed by atoms with Crippen LogP contribution in [0.15, 0.2) is 30.5 Å². The number of aromatic nitrogens is 1. The second-order valence-corrected chi connectivity index (χ2v) is 6.32. The third kappa shape index (κ3) is 3.22. The summed E-state index contributed by atoms with van der Waals surface area (Å²) in [5.41, 5.74) is 1.77. The lowest BCUT2D eigenvalue weighted by Crippen LogP contribution is -2.58. The van der Waals surface area contributed by atoms with Gasteiger partial charge in [0, 0.05) is 42.9 Å². The van der Waals surface area contributed by atoms with Gasteiger partial charge in [-0.1, -0.05) is 19.8 Å². The highest BCUT2D eigenvalue weighted by Crippen LogP contribution is 2.21. The van der Waals surface area contributed by atoms with Crippen LogP contribution in [0.4, 0.5) is 10.5 Å². The molecule has 1 saturated heterocycles. The Labute approximate surface area is 141 Å². The Kier molecular flexibility index (Phi) is 4.74. The molecule has 1 atom stereocenters. The van der Waals surface area contributed by atoms with Gasteiger partial charge in [0.15, 0.2) is 0 Å². The van der Waals surface area contributed by atoms with Gasteiger partial charge in [-0.2, -0.15) is 0 Å². The molecule has 0 aliphatic carbocycles. The summed E-state index contributed by atoms with van der Waals surface area (Å²) in [7, 11) is 1.80. The van der Waals surface area contributed by atoms with Gasteiger partial charge in [-0.05, 0) is 30.7 Å². The van der Waals surface area contributed by atoms with Crippen molar-refractivity contribution in [2.75, 3.05) is 25.5 Å². The minimum absolute atomic E-state index is 0.0333. The first kappa shape index (κ1) is 16.4. The first-order valence-electron chi connectivity index (χ1n) is 8.50. The van der Waals surface area contributed by atoms with Crippen molar-refractivity contribution in [2.45, 2.75) is 32.2 Å². The van der Waals surface area contributed by atoms with Crippen LogP contribution in [0.3, 0.4) is 0 Å². The van der Waals surface area contributed by atoms with Gasteiger partial charge in [0.05, 0.1) is 0 Å². The zero-order chi connectivity index (χ0) is 17.1. The van der Waals surface area contributed by atoms with E-state index in [0.29, 0.717) is 19.5 Å². The molecule has 0 radical (unpaired) electrons. The molecule has 6 nitrogen and oxygen atoms in total. The van der Waals surface area contributed by atoms with Gasteiger partial charge < -0.3 is 20.1 Å². The van der Waals surface area contributed by atoms with Crippen LogP contribution in [0.2, 0.25) is 0 Å². The summed E-state index contributed by atoms with van der Waals surface area (Å²) in [5.74, 6) is 0.0333. The number of carbonyl (C=O) groups is 2. The van der Waals surface area contributed by atoms with Gasteiger partial charge in [0.2, 0.25) is 5.91 Å². The monoisotopic (exact) mass is 328 g/mol. The number of piperazine rings is 1. The molecular formula is C18H24N4O2. The van der Waals surface area contributed by atoms with Gasteiger partial charge in [-0.25, -0.2) is 4.79 Å². The molecular weight excluding hydrogens is 304 g/mol. The number of anilines is 1. The topological polar surface area (TPSA) is 68.4 Å². The van der Waals surface area contributed by atoms with E-state index >= 15 is 0 Å². The van der Waals surface area contributed by atoms with E-state index in [-0.39, 0.29) is 18.0 Å². The molecule has 1 aliphatic rings. The van der Waals surface area contributed by atoms with Crippen LogP contribution >= 0.6 is 0 Å². The van der Waals surface area contributed by atoms with E-state index in [2.05, 4.69) is 17.2 Å². The maximum Gasteiger partial charge on any atom is 0.322 e. The average molecular weight is 328 g/mol. The Morgan fingerprint density at radius 2 is 2.17 bits per heavy atom. The molecule has 0 unspecified atom stereocenters. The fourth-order valence-corrected chi connectivity index (χ4v) is 3.16. The molecule has 3 rings (SSSR count). The number of nitrogens with zero attached hydrogens (tertiary/aromatic N) is 2. The van der Waals surface area contributed by atoms with E-state index in [1.807, 2.05) is 30.5 Å². The van der Waals surface area contributed by atoms with Gasteiger partial charge in [0.1, 0.15) is 6.04 Å². The van der Waals surface area contributed by atoms with Crippen LogP contribution < -0.4 is 5.32 Å². The maximum absolute atomic E-state index is 12.7. The van der Waals surface area contributed by atoms with E-state index in [1.54, 1.807) is 16.8 Å². The first-order chi connectivity index (χ1) is 11.6. The van der Waals surface area contributed by atoms with E-state index < -0.39 is 0 Å². The van der Waals surface area contributed by atoms with Crippen LogP contribution in [0.5, 0.6) is 0 Å². The lowest BCUT2D eigenvalue weighted by Gasteiger charge is -2.39. The number of nitrogens with one attached hydrogen (secondary N) is 2. The van der Waals surface area contributed by atoms with Gasteiger partial charge in [0.25, 0.3) is 0 Å². The number of H-pyrrole nitrogens is 1. The van der Waals surface area contributed by atoms with Gasteiger partial charge in [-0.3, -0.25) is 4.79 Å². The predicted octanol–water partition coefficient (Wildman–Crippen LogP) is 3.03. The van der Waals surface area contributed by atoms with Crippen LogP contribution in [0.25, 0.3) is 10.9 Å². The number of urea groups is 1. The third-order valence-corrected chi connectivity index (χ3v) is 4.61. The summed E-state index contributed by atoms with van der Waals surface area (Å²) in [5, 5.41) is 3.98. The minimum atomic E-state index is -0.361. The molecule has 6 heteroatoms. The Morgan fingerprint density at radius 1 is 1.33 bits per heavy atom. The van der Waals surface area contributed by atoms with E-state index in [0.717, 1.165) is 29.4 Å². The first-order valence-corrected chi connectivity index (χ1v) is 8.50. The largest absolute Gasteiger partial charge is 0.361 e. The maximum atomic E-state index is 12.7. The summed E-state index contributed by atoms with van der Waals surface area (Å²) in [4.78, 5) is 31.7. The lowest BCUT2D eigenvalue weighted by molar-refractivity contribution is -0.138. The minimum Gasteiger partial charge on any atom is -0.361 e. The molecule has 1 aliphatic heterocycles. The van der Waals surface area contributed by atoms with Crippen LogP contribution in [0.1, 0.15) is 26.2 Å². The summed E-state index contributed by atoms with van der Waals surface area (Å²) in [6, 6.07) is 7.15. The summed E-state index contributed by atoms with van der Waals surface area (Å²) in [6.07, 6.45) is 4.52. The van der Waals surface area contributed by atoms with Gasteiger partial charge >= 0.3 is 6.03 Å². The normalized spacial score (nSPS) is 18.2. The number of unbranched alkanes of at least 4 members (excludes halogenated alkanes) is 1. The summed E-state index contributed by atoms with van der Waals surface area (Å²) < 4.78 is 0. The molecule has 24 heavy (non-hydrogen) atoms. The molecule has 0 bridgehead atoms. The quantitative estimate of drug-likeness (QED) is 0.906. The summed E-state index contributed by atoms with van der Waals surface area (Å²) >= 11 is 0. The molecule has 2 aromatic rings. The van der Waals surface area contributed by atoms with Crippen molar-refractivity contribution in [3.05, 3.63) is 30.5 Å². The molecule has 2 heterocycles. The Bertz CT molecular complexity index is 739. The van der Waals surface area contributed by atoms with Gasteiger partial charge in [-0.15, -0.1) is 0 Å². The number of amides is 3. The van der Waals surface area contributed by atoms with Crippen LogP contribution in [0, 0.1) is 0 Å². The van der Waals surface area contributed by atoms with E-state index in [9.17, 15) is 9.59 Å². The zero-order valence-electron chi connectivity index (χ0n) is 14.2. The lowest BCUT2D eigenvalue weighted by atomic mass is 10.0. The Balaban J connectivity index is 1.74. The van der Waals surface area contributed by atoms with Crippen molar-refractivity contribution in [1.29, 1.82) is 0 Å². The van der Waals surface area contributed by atoms with Crippen LogP contribution in [-0.2, 0) is 4.79 Å². The van der Waals surface area contributed by atoms with Crippen LogP contribution in [-0.4, -0.2) is 52.9 Å². The smallest absolute Gasteiger partial charge is 0.322 e. The average Bonchev–Trinajstić information content (AvgIpc) is 3.03. The second kappa shape index (κ2) is 6.95. The molecule has 1 fully saturated rings. The highest BCUT2D eigenvalue weighted by molar-refractivity contribution is 5.96. The summed E-state index contributed by atoms with van der Waals surface area (Å²) in [6.45, 7) is 3.23. The molecule has 0 spiro atoms. The van der Waals surface area contributed by atoms with Crippen molar-refractivity contribution >= 4 is 28.5 Å². The second-order valence-electron chi connectivity index (χ2n) is 6.32. The number of aromatic amines is 1. The number of likely N-dealkylation sites (N-methyl/N-ethyl adjacent to an activating group) is 1. The fraction of sp³-hybridized carbons (Fsp3) is 0.444. The standard InChI is InChI=1S/C18H24N4O2/c1-3-4-5-16-17(23)21(2)10-11-22(16)18(24)20-14-6-7-15-13(12-14)8-9-19-15/h6-9,12,16,19H,3-5,10-11H2,1-2H3,(H,20,24)/t16-/m0/s1. The van der Waals surface area contributed by atoms with E-state index in [1.165, 1.54) is 0 Å². The number of hydrogen-bond acceptors (Lipinski definition) is 2. The van der Waals surface area contributed by atoms with Crippen molar-refractivity contribution < 1.29 is 9.59 Å². The zero-order valence-corrected chi connectivity index (χ0v) is 14.2. The van der Waals surface area contributed by atoms with Crippen molar-refractivity contribution in [3.8, 4) is 0 Å². The van der Waals surface area contributed by atoms with Crippen molar-refractivity contribution in [3.63, 3.8) is 0 Å². The molecule has 128 valence electrons. The number of rotatable bonds is 4. The number of hydrogen-bond donors (Lipinski definition) is 2. The molecule has 3 amide bonds. The van der Waals surface area contributed by atoms with Crippen molar-refractivity contribution in [2.24, 2.45) is 0 Å². The number of fused-ring (bicyclic) bond motifs is 1. The fourth-order valence-electron chi connectivity index (χ4n) is 3.16. The Hall–Kier alpha value is -2.50. The Morgan fingerprint density at radius 3 is 2.96 bits per heavy atom. The molecule has 0 saturated carbocycles. The SMILES string of the molecule is CCCC[C@H]1C(=O)N(C)CCN1C(=O)Nc1ccc2[nH]ccc2c1.